The van der Waals surface area contributed by atoms with Crippen molar-refractivity contribution in [1.82, 2.24) is 0 Å². The van der Waals surface area contributed by atoms with Gasteiger partial charge in [-0.2, -0.15) is 39.5 Å². The van der Waals surface area contributed by atoms with Crippen molar-refractivity contribution in [2.24, 2.45) is 0 Å². The maximum absolute atomic E-state index is 14.1. The van der Waals surface area contributed by atoms with Crippen molar-refractivity contribution >= 4 is 17.3 Å². The molecule has 1 aromatic rings. The van der Waals surface area contributed by atoms with Crippen LogP contribution in [0.4, 0.5) is 50.9 Å². The summed E-state index contributed by atoms with van der Waals surface area (Å²) in [6, 6.07) is 1.98. The molecule has 1 aliphatic rings. The average molecular weight is 442 g/mol. The zero-order chi connectivity index (χ0) is 22.6. The molecule has 0 aliphatic carbocycles. The maximum atomic E-state index is 14.1. The van der Waals surface area contributed by atoms with E-state index in [0.717, 1.165) is 18.5 Å². The number of nitrogens with one attached hydrogen (secondary N) is 1. The highest BCUT2D eigenvalue weighted by atomic mass is 19.4. The van der Waals surface area contributed by atoms with Gasteiger partial charge in [0.2, 0.25) is 0 Å². The van der Waals surface area contributed by atoms with Gasteiger partial charge in [-0.15, -0.1) is 0 Å². The standard InChI is InChI=1S/C13H7F9N2O5/c1-28-5-2-3-6(7(4-5)24(26)27)23-8(25)9(14,15)12(20)10(16,17)11(18,19)13(21,22)29-12/h2-4H,1H3,(H,23,25). The van der Waals surface area contributed by atoms with Crippen molar-refractivity contribution in [2.75, 3.05) is 12.4 Å². The maximum Gasteiger partial charge on any atom is 0.428 e. The van der Waals surface area contributed by atoms with Gasteiger partial charge in [0.25, 0.3) is 5.69 Å². The van der Waals surface area contributed by atoms with Crippen LogP contribution in [0.3, 0.4) is 0 Å². The Hall–Kier alpha value is -2.78. The fourth-order valence-electron chi connectivity index (χ4n) is 2.19. The largest absolute Gasteiger partial charge is 0.496 e. The van der Waals surface area contributed by atoms with E-state index in [2.05, 4.69) is 9.47 Å². The predicted octanol–water partition coefficient (Wildman–Crippen LogP) is 3.74. The van der Waals surface area contributed by atoms with E-state index in [1.54, 1.807) is 0 Å². The molecule has 1 saturated heterocycles. The molecule has 0 aromatic heterocycles. The predicted molar refractivity (Wildman–Crippen MR) is 73.0 cm³/mol. The molecular weight excluding hydrogens is 435 g/mol. The van der Waals surface area contributed by atoms with Gasteiger partial charge in [-0.1, -0.05) is 0 Å². The Kier molecular flexibility index (Phi) is 4.94. The van der Waals surface area contributed by atoms with Crippen LogP contribution in [0.15, 0.2) is 18.2 Å². The number of hydrogen-bond donors (Lipinski definition) is 1. The first kappa shape index (κ1) is 22.5. The van der Waals surface area contributed by atoms with Gasteiger partial charge in [0, 0.05) is 0 Å². The average Bonchev–Trinajstić information content (AvgIpc) is 2.69. The highest BCUT2D eigenvalue weighted by Crippen LogP contribution is 2.64. The molecule has 1 amide bonds. The number of nitrogens with zero attached hydrogens (tertiary/aromatic N) is 1. The van der Waals surface area contributed by atoms with Crippen LogP contribution >= 0.6 is 0 Å². The summed E-state index contributed by atoms with van der Waals surface area (Å²) in [5, 5.41) is 11.9. The van der Waals surface area contributed by atoms with Gasteiger partial charge in [0.05, 0.1) is 18.1 Å². The van der Waals surface area contributed by atoms with Gasteiger partial charge in [-0.05, 0) is 12.1 Å². The Balaban J connectivity index is 2.47. The third kappa shape index (κ3) is 2.92. The van der Waals surface area contributed by atoms with Crippen LogP contribution in [0, 0.1) is 10.1 Å². The highest BCUT2D eigenvalue weighted by Gasteiger charge is 2.96. The number of amides is 1. The minimum absolute atomic E-state index is 0.228. The quantitative estimate of drug-likeness (QED) is 0.427. The van der Waals surface area contributed by atoms with Gasteiger partial charge in [0.15, 0.2) is 0 Å². The summed E-state index contributed by atoms with van der Waals surface area (Å²) in [5.74, 6) is -29.9. The summed E-state index contributed by atoms with van der Waals surface area (Å²) >= 11 is 0. The lowest BCUT2D eigenvalue weighted by Crippen LogP contribution is -2.63. The number of carbonyl (C=O) groups is 1. The number of rotatable bonds is 5. The van der Waals surface area contributed by atoms with Crippen LogP contribution in [0.2, 0.25) is 0 Å². The lowest BCUT2D eigenvalue weighted by molar-refractivity contribution is -0.384. The summed E-state index contributed by atoms with van der Waals surface area (Å²) in [5.41, 5.74) is -2.29. The molecule has 0 radical (unpaired) electrons. The normalized spacial score (nSPS) is 24.8. The van der Waals surface area contributed by atoms with Crippen LogP contribution in [0.5, 0.6) is 5.75 Å². The molecule has 1 unspecified atom stereocenters. The van der Waals surface area contributed by atoms with Crippen molar-refractivity contribution < 1.29 is 58.7 Å². The van der Waals surface area contributed by atoms with Crippen LogP contribution in [0.25, 0.3) is 0 Å². The Bertz CT molecular complexity index is 863. The third-order valence-corrected chi connectivity index (χ3v) is 3.77. The van der Waals surface area contributed by atoms with Gasteiger partial charge >= 0.3 is 35.6 Å². The van der Waals surface area contributed by atoms with Crippen molar-refractivity contribution in [3.05, 3.63) is 28.3 Å². The number of halogens is 9. The molecule has 0 saturated carbocycles. The third-order valence-electron chi connectivity index (χ3n) is 3.77. The van der Waals surface area contributed by atoms with E-state index in [-0.39, 0.29) is 5.75 Å². The molecule has 1 atom stereocenters. The van der Waals surface area contributed by atoms with Crippen LogP contribution in [0.1, 0.15) is 0 Å². The van der Waals surface area contributed by atoms with E-state index in [9.17, 15) is 54.4 Å². The van der Waals surface area contributed by atoms with E-state index in [0.29, 0.717) is 12.1 Å². The number of benzene rings is 1. The van der Waals surface area contributed by atoms with Gasteiger partial charge in [0.1, 0.15) is 11.4 Å². The van der Waals surface area contributed by atoms with E-state index in [1.165, 1.54) is 0 Å². The van der Waals surface area contributed by atoms with Crippen LogP contribution in [-0.4, -0.2) is 47.7 Å². The summed E-state index contributed by atoms with van der Waals surface area (Å²) in [4.78, 5) is 21.3. The van der Waals surface area contributed by atoms with Crippen LogP contribution < -0.4 is 10.1 Å². The fourth-order valence-corrected chi connectivity index (χ4v) is 2.19. The van der Waals surface area contributed by atoms with Crippen molar-refractivity contribution in [1.29, 1.82) is 0 Å². The van der Waals surface area contributed by atoms with Crippen LogP contribution in [-0.2, 0) is 9.53 Å². The number of methoxy groups -OCH3 is 1. The molecule has 162 valence electrons. The number of nitro benzene ring substituents is 1. The monoisotopic (exact) mass is 442 g/mol. The van der Waals surface area contributed by atoms with E-state index >= 15 is 0 Å². The van der Waals surface area contributed by atoms with E-state index in [4.69, 9.17) is 0 Å². The second-order valence-electron chi connectivity index (χ2n) is 5.53. The molecule has 1 aromatic carbocycles. The molecule has 29 heavy (non-hydrogen) atoms. The molecule has 1 N–H and O–H groups in total. The molecular formula is C13H7F9N2O5. The topological polar surface area (TPSA) is 90.7 Å². The molecule has 0 spiro atoms. The number of nitro groups is 1. The first-order valence-corrected chi connectivity index (χ1v) is 7.00. The summed E-state index contributed by atoms with van der Waals surface area (Å²) in [6.07, 6.45) is -6.40. The van der Waals surface area contributed by atoms with Crippen molar-refractivity contribution in [2.45, 2.75) is 29.7 Å². The molecule has 0 bridgehead atoms. The molecule has 7 nitrogen and oxygen atoms in total. The molecule has 1 aliphatic heterocycles. The Morgan fingerprint density at radius 2 is 1.69 bits per heavy atom. The number of alkyl halides is 9. The van der Waals surface area contributed by atoms with Gasteiger partial charge in [-0.3, -0.25) is 19.6 Å². The molecule has 2 rings (SSSR count). The fraction of sp³-hybridized carbons (Fsp3) is 0.462. The Morgan fingerprint density at radius 3 is 2.10 bits per heavy atom. The molecule has 16 heteroatoms. The zero-order valence-electron chi connectivity index (χ0n) is 13.6. The van der Waals surface area contributed by atoms with E-state index in [1.807, 2.05) is 0 Å². The summed E-state index contributed by atoms with van der Waals surface area (Å²) < 4.78 is 128. The summed E-state index contributed by atoms with van der Waals surface area (Å²) in [7, 11) is 1.04. The summed E-state index contributed by atoms with van der Waals surface area (Å²) in [6.45, 7) is 0. The zero-order valence-corrected chi connectivity index (χ0v) is 13.6. The number of hydrogen-bond acceptors (Lipinski definition) is 5. The number of ether oxygens (including phenoxy) is 2. The molecule has 1 heterocycles. The molecule has 1 fully saturated rings. The van der Waals surface area contributed by atoms with Gasteiger partial charge < -0.3 is 10.1 Å². The second kappa shape index (κ2) is 6.36. The minimum atomic E-state index is -6.86. The lowest BCUT2D eigenvalue weighted by atomic mass is 9.99. The van der Waals surface area contributed by atoms with Crippen molar-refractivity contribution in [3.63, 3.8) is 0 Å². The SMILES string of the molecule is COc1ccc(NC(=O)C(F)(F)C2(F)OC(F)(F)C(F)(F)C2(F)F)c([N+](=O)[O-])c1. The second-order valence-corrected chi connectivity index (χ2v) is 5.53. The number of carbonyl (C=O) groups excluding carboxylic acids is 1. The smallest absolute Gasteiger partial charge is 0.428 e. The van der Waals surface area contributed by atoms with Gasteiger partial charge in [-0.25, -0.2) is 0 Å². The Morgan fingerprint density at radius 1 is 1.14 bits per heavy atom. The van der Waals surface area contributed by atoms with E-state index < -0.39 is 51.9 Å². The van der Waals surface area contributed by atoms with Crippen molar-refractivity contribution in [3.8, 4) is 5.75 Å². The number of anilines is 1. The lowest BCUT2D eigenvalue weighted by Gasteiger charge is -2.31. The first-order valence-electron chi connectivity index (χ1n) is 7.00. The Labute approximate surface area is 153 Å². The first-order chi connectivity index (χ1) is 13.0. The highest BCUT2D eigenvalue weighted by molar-refractivity contribution is 5.99. The minimum Gasteiger partial charge on any atom is -0.496 e.